The standard InChI is InChI=1S/C12H18O4/c1-8-4-10(6-13)12(11(5-8)15-3)16-7-9(2)14/h4-5,9,13-14H,6-7H2,1-3H3. The lowest BCUT2D eigenvalue weighted by molar-refractivity contribution is 0.118. The fourth-order valence-corrected chi connectivity index (χ4v) is 1.45. The predicted molar refractivity (Wildman–Crippen MR) is 60.8 cm³/mol. The molecule has 0 bridgehead atoms. The number of benzene rings is 1. The smallest absolute Gasteiger partial charge is 0.166 e. The minimum absolute atomic E-state index is 0.118. The summed E-state index contributed by atoms with van der Waals surface area (Å²) in [5, 5.41) is 18.4. The third-order valence-corrected chi connectivity index (χ3v) is 2.14. The number of rotatable bonds is 5. The van der Waals surface area contributed by atoms with E-state index in [2.05, 4.69) is 0 Å². The zero-order chi connectivity index (χ0) is 12.1. The topological polar surface area (TPSA) is 58.9 Å². The Kier molecular flexibility index (Phi) is 4.58. The molecule has 0 fully saturated rings. The first kappa shape index (κ1) is 12.8. The Morgan fingerprint density at radius 3 is 2.56 bits per heavy atom. The van der Waals surface area contributed by atoms with Gasteiger partial charge in [0.15, 0.2) is 11.5 Å². The van der Waals surface area contributed by atoms with E-state index in [1.54, 1.807) is 14.0 Å². The molecule has 0 aromatic heterocycles. The van der Waals surface area contributed by atoms with Gasteiger partial charge in [0, 0.05) is 5.56 Å². The second kappa shape index (κ2) is 5.72. The molecule has 0 aliphatic heterocycles. The van der Waals surface area contributed by atoms with E-state index in [4.69, 9.17) is 14.6 Å². The SMILES string of the molecule is COc1cc(C)cc(CO)c1OCC(C)O. The molecule has 2 N–H and O–H groups in total. The van der Waals surface area contributed by atoms with Crippen LogP contribution in [0.3, 0.4) is 0 Å². The van der Waals surface area contributed by atoms with Crippen molar-refractivity contribution in [3.63, 3.8) is 0 Å². The van der Waals surface area contributed by atoms with Crippen LogP contribution in [0.4, 0.5) is 0 Å². The van der Waals surface area contributed by atoms with Gasteiger partial charge in [0.05, 0.1) is 19.8 Å². The van der Waals surface area contributed by atoms with Gasteiger partial charge in [0.25, 0.3) is 0 Å². The van der Waals surface area contributed by atoms with Gasteiger partial charge in [-0.25, -0.2) is 0 Å². The van der Waals surface area contributed by atoms with Gasteiger partial charge in [0.2, 0.25) is 0 Å². The maximum absolute atomic E-state index is 9.23. The van der Waals surface area contributed by atoms with Gasteiger partial charge in [-0.15, -0.1) is 0 Å². The summed E-state index contributed by atoms with van der Waals surface area (Å²) >= 11 is 0. The number of methoxy groups -OCH3 is 1. The molecule has 0 saturated carbocycles. The fraction of sp³-hybridized carbons (Fsp3) is 0.500. The summed E-state index contributed by atoms with van der Waals surface area (Å²) in [6, 6.07) is 3.66. The molecule has 4 heteroatoms. The van der Waals surface area contributed by atoms with Gasteiger partial charge >= 0.3 is 0 Å². The van der Waals surface area contributed by atoms with Crippen LogP contribution in [0, 0.1) is 6.92 Å². The molecular weight excluding hydrogens is 208 g/mol. The monoisotopic (exact) mass is 226 g/mol. The van der Waals surface area contributed by atoms with E-state index in [9.17, 15) is 5.11 Å². The first-order valence-corrected chi connectivity index (χ1v) is 5.17. The summed E-state index contributed by atoms with van der Waals surface area (Å²) in [6.07, 6.45) is -0.558. The van der Waals surface area contributed by atoms with Crippen molar-refractivity contribution in [3.8, 4) is 11.5 Å². The highest BCUT2D eigenvalue weighted by molar-refractivity contribution is 5.49. The number of hydrogen-bond donors (Lipinski definition) is 2. The lowest BCUT2D eigenvalue weighted by Gasteiger charge is -2.16. The lowest BCUT2D eigenvalue weighted by atomic mass is 10.1. The maximum atomic E-state index is 9.23. The molecule has 0 radical (unpaired) electrons. The van der Waals surface area contributed by atoms with Crippen LogP contribution >= 0.6 is 0 Å². The van der Waals surface area contributed by atoms with Gasteiger partial charge in [-0.3, -0.25) is 0 Å². The van der Waals surface area contributed by atoms with E-state index < -0.39 is 6.10 Å². The van der Waals surface area contributed by atoms with Crippen LogP contribution in [-0.2, 0) is 6.61 Å². The molecule has 16 heavy (non-hydrogen) atoms. The highest BCUT2D eigenvalue weighted by atomic mass is 16.5. The number of hydrogen-bond acceptors (Lipinski definition) is 4. The van der Waals surface area contributed by atoms with Crippen molar-refractivity contribution in [3.05, 3.63) is 23.3 Å². The van der Waals surface area contributed by atoms with Gasteiger partial charge in [0.1, 0.15) is 6.61 Å². The minimum Gasteiger partial charge on any atom is -0.493 e. The molecule has 1 atom stereocenters. The third-order valence-electron chi connectivity index (χ3n) is 2.14. The Morgan fingerprint density at radius 2 is 2.06 bits per heavy atom. The molecular formula is C12H18O4. The second-order valence-electron chi connectivity index (χ2n) is 3.77. The number of aliphatic hydroxyl groups excluding tert-OH is 2. The van der Waals surface area contributed by atoms with E-state index >= 15 is 0 Å². The van der Waals surface area contributed by atoms with Crippen LogP contribution in [0.1, 0.15) is 18.1 Å². The molecule has 4 nitrogen and oxygen atoms in total. The van der Waals surface area contributed by atoms with Gasteiger partial charge in [-0.1, -0.05) is 0 Å². The molecule has 90 valence electrons. The summed E-state index contributed by atoms with van der Waals surface area (Å²) in [7, 11) is 1.55. The highest BCUT2D eigenvalue weighted by Crippen LogP contribution is 2.32. The number of ether oxygens (including phenoxy) is 2. The van der Waals surface area contributed by atoms with Crippen molar-refractivity contribution in [1.29, 1.82) is 0 Å². The van der Waals surface area contributed by atoms with Crippen LogP contribution in [0.25, 0.3) is 0 Å². The van der Waals surface area contributed by atoms with Gasteiger partial charge < -0.3 is 19.7 Å². The summed E-state index contributed by atoms with van der Waals surface area (Å²) in [5.74, 6) is 1.07. The summed E-state index contributed by atoms with van der Waals surface area (Å²) in [4.78, 5) is 0. The fourth-order valence-electron chi connectivity index (χ4n) is 1.45. The van der Waals surface area contributed by atoms with Crippen molar-refractivity contribution in [1.82, 2.24) is 0 Å². The van der Waals surface area contributed by atoms with E-state index in [0.29, 0.717) is 17.1 Å². The second-order valence-corrected chi connectivity index (χ2v) is 3.77. The van der Waals surface area contributed by atoms with Crippen LogP contribution in [0.2, 0.25) is 0 Å². The average molecular weight is 226 g/mol. The molecule has 0 aliphatic carbocycles. The molecule has 0 aliphatic rings. The van der Waals surface area contributed by atoms with Crippen LogP contribution in [-0.4, -0.2) is 30.0 Å². The first-order chi connectivity index (χ1) is 7.58. The minimum atomic E-state index is -0.558. The molecule has 0 amide bonds. The lowest BCUT2D eigenvalue weighted by Crippen LogP contribution is -2.14. The highest BCUT2D eigenvalue weighted by Gasteiger charge is 2.12. The Bertz CT molecular complexity index is 322. The summed E-state index contributed by atoms with van der Waals surface area (Å²) < 4.78 is 10.6. The van der Waals surface area contributed by atoms with Crippen molar-refractivity contribution < 1.29 is 19.7 Å². The Hall–Kier alpha value is -1.26. The Morgan fingerprint density at radius 1 is 1.38 bits per heavy atom. The molecule has 1 rings (SSSR count). The molecule has 1 aromatic carbocycles. The molecule has 0 heterocycles. The predicted octanol–water partition coefficient (Wildman–Crippen LogP) is 1.26. The van der Waals surface area contributed by atoms with Crippen molar-refractivity contribution in [2.75, 3.05) is 13.7 Å². The van der Waals surface area contributed by atoms with E-state index in [-0.39, 0.29) is 13.2 Å². The van der Waals surface area contributed by atoms with Crippen LogP contribution < -0.4 is 9.47 Å². The van der Waals surface area contributed by atoms with E-state index in [0.717, 1.165) is 5.56 Å². The third kappa shape index (κ3) is 3.12. The van der Waals surface area contributed by atoms with E-state index in [1.807, 2.05) is 19.1 Å². The van der Waals surface area contributed by atoms with Crippen LogP contribution in [0.15, 0.2) is 12.1 Å². The molecule has 0 spiro atoms. The van der Waals surface area contributed by atoms with E-state index in [1.165, 1.54) is 0 Å². The van der Waals surface area contributed by atoms with Crippen LogP contribution in [0.5, 0.6) is 11.5 Å². The zero-order valence-electron chi connectivity index (χ0n) is 9.86. The quantitative estimate of drug-likeness (QED) is 0.793. The average Bonchev–Trinajstić information content (AvgIpc) is 2.25. The Balaban J connectivity index is 3.02. The molecule has 1 aromatic rings. The summed E-state index contributed by atoms with van der Waals surface area (Å²) in [5.41, 5.74) is 1.66. The molecule has 1 unspecified atom stereocenters. The normalized spacial score (nSPS) is 12.3. The zero-order valence-corrected chi connectivity index (χ0v) is 9.86. The summed E-state index contributed by atoms with van der Waals surface area (Å²) in [6.45, 7) is 3.61. The number of aryl methyl sites for hydroxylation is 1. The Labute approximate surface area is 95.4 Å². The van der Waals surface area contributed by atoms with Crippen molar-refractivity contribution in [2.24, 2.45) is 0 Å². The van der Waals surface area contributed by atoms with Gasteiger partial charge in [-0.2, -0.15) is 0 Å². The number of aliphatic hydroxyl groups is 2. The van der Waals surface area contributed by atoms with Gasteiger partial charge in [-0.05, 0) is 31.5 Å². The first-order valence-electron chi connectivity index (χ1n) is 5.17. The largest absolute Gasteiger partial charge is 0.493 e. The molecule has 0 saturated heterocycles. The van der Waals surface area contributed by atoms with Crippen molar-refractivity contribution in [2.45, 2.75) is 26.6 Å². The maximum Gasteiger partial charge on any atom is 0.166 e. The van der Waals surface area contributed by atoms with Crippen molar-refractivity contribution >= 4 is 0 Å².